The summed E-state index contributed by atoms with van der Waals surface area (Å²) >= 11 is 0. The van der Waals surface area contributed by atoms with Crippen LogP contribution in [-0.2, 0) is 14.8 Å². The monoisotopic (exact) mass is 368 g/mol. The largest absolute Gasteiger partial charge is 0.325 e. The molecule has 1 aromatic rings. The quantitative estimate of drug-likeness (QED) is 0.811. The molecular formula is C18H30N3O3S+. The Morgan fingerprint density at radius 3 is 2.44 bits per heavy atom. The van der Waals surface area contributed by atoms with E-state index in [1.807, 2.05) is 13.8 Å². The summed E-state index contributed by atoms with van der Waals surface area (Å²) in [6.07, 6.45) is 2.28. The van der Waals surface area contributed by atoms with Crippen molar-refractivity contribution in [3.63, 3.8) is 0 Å². The first-order chi connectivity index (χ1) is 11.6. The lowest BCUT2D eigenvalue weighted by molar-refractivity contribution is -0.919. The van der Waals surface area contributed by atoms with Crippen molar-refractivity contribution in [2.24, 2.45) is 5.92 Å². The number of carbonyl (C=O) groups is 1. The fraction of sp³-hybridized carbons (Fsp3) is 0.611. The number of carbonyl (C=O) groups excluding carboxylic acids is 1. The molecule has 25 heavy (non-hydrogen) atoms. The third kappa shape index (κ3) is 4.59. The van der Waals surface area contributed by atoms with Crippen LogP contribution in [0.1, 0.15) is 32.3 Å². The molecule has 0 aromatic heterocycles. The van der Waals surface area contributed by atoms with Crippen LogP contribution in [0.4, 0.5) is 5.69 Å². The summed E-state index contributed by atoms with van der Waals surface area (Å²) < 4.78 is 25.8. The summed E-state index contributed by atoms with van der Waals surface area (Å²) in [6, 6.07) is 4.69. The Bertz CT molecular complexity index is 723. The molecule has 0 spiro atoms. The molecule has 1 aliphatic rings. The maximum Gasteiger partial charge on any atom is 0.282 e. The van der Waals surface area contributed by atoms with E-state index in [-0.39, 0.29) is 16.8 Å². The Hall–Kier alpha value is -1.44. The zero-order valence-corrected chi connectivity index (χ0v) is 16.6. The molecule has 0 bridgehead atoms. The smallest absolute Gasteiger partial charge is 0.282 e. The van der Waals surface area contributed by atoms with Crippen LogP contribution in [0, 0.1) is 12.8 Å². The zero-order chi connectivity index (χ0) is 18.8. The third-order valence-corrected chi connectivity index (χ3v) is 6.98. The normalized spacial score (nSPS) is 22.6. The summed E-state index contributed by atoms with van der Waals surface area (Å²) in [4.78, 5) is 14.1. The van der Waals surface area contributed by atoms with Crippen LogP contribution in [0.3, 0.4) is 0 Å². The number of amides is 1. The van der Waals surface area contributed by atoms with Crippen molar-refractivity contribution in [3.05, 3.63) is 23.8 Å². The second-order valence-electron chi connectivity index (χ2n) is 7.32. The first kappa shape index (κ1) is 19.9. The number of nitrogens with one attached hydrogen (secondary N) is 2. The van der Waals surface area contributed by atoms with Crippen LogP contribution in [0.25, 0.3) is 0 Å². The molecular weight excluding hydrogens is 338 g/mol. The third-order valence-electron chi connectivity index (χ3n) is 5.17. The predicted molar refractivity (Wildman–Crippen MR) is 99.2 cm³/mol. The zero-order valence-electron chi connectivity index (χ0n) is 15.8. The Morgan fingerprint density at radius 2 is 1.88 bits per heavy atom. The van der Waals surface area contributed by atoms with Gasteiger partial charge in [0.1, 0.15) is 0 Å². The van der Waals surface area contributed by atoms with E-state index in [1.165, 1.54) is 23.3 Å². The van der Waals surface area contributed by atoms with Gasteiger partial charge in [-0.3, -0.25) is 4.79 Å². The number of hydrogen-bond acceptors (Lipinski definition) is 3. The van der Waals surface area contributed by atoms with E-state index in [1.54, 1.807) is 18.2 Å². The molecule has 0 aliphatic carbocycles. The number of quaternary nitrogens is 1. The van der Waals surface area contributed by atoms with Crippen LogP contribution in [0.2, 0.25) is 0 Å². The highest BCUT2D eigenvalue weighted by Gasteiger charge is 2.29. The molecule has 140 valence electrons. The minimum absolute atomic E-state index is 0.0629. The molecule has 2 rings (SSSR count). The van der Waals surface area contributed by atoms with Crippen molar-refractivity contribution in [2.45, 2.75) is 44.6 Å². The Balaban J connectivity index is 2.15. The highest BCUT2D eigenvalue weighted by Crippen LogP contribution is 2.22. The van der Waals surface area contributed by atoms with Gasteiger partial charge in [0.2, 0.25) is 10.0 Å². The molecule has 0 unspecified atom stereocenters. The van der Waals surface area contributed by atoms with Crippen LogP contribution in [0.15, 0.2) is 23.1 Å². The maximum atomic E-state index is 12.6. The van der Waals surface area contributed by atoms with Gasteiger partial charge in [0, 0.05) is 19.8 Å². The van der Waals surface area contributed by atoms with Crippen molar-refractivity contribution in [3.8, 4) is 0 Å². The summed E-state index contributed by atoms with van der Waals surface area (Å²) in [5.41, 5.74) is 1.41. The highest BCUT2D eigenvalue weighted by atomic mass is 32.2. The van der Waals surface area contributed by atoms with Gasteiger partial charge in [-0.2, -0.15) is 0 Å². The fourth-order valence-electron chi connectivity index (χ4n) is 3.10. The molecule has 2 N–H and O–H groups in total. The number of benzene rings is 1. The van der Waals surface area contributed by atoms with Gasteiger partial charge in [0.05, 0.1) is 18.0 Å². The fourth-order valence-corrected chi connectivity index (χ4v) is 4.03. The van der Waals surface area contributed by atoms with Gasteiger partial charge >= 0.3 is 0 Å². The second kappa shape index (κ2) is 7.85. The lowest BCUT2D eigenvalue weighted by atomic mass is 9.98. The van der Waals surface area contributed by atoms with Crippen molar-refractivity contribution in [1.82, 2.24) is 4.31 Å². The van der Waals surface area contributed by atoms with Crippen molar-refractivity contribution in [1.29, 1.82) is 0 Å². The number of aryl methyl sites for hydroxylation is 1. The standard InChI is InChI=1S/C18H29N3O3S/c1-13-8-10-21(11-9-13)15(3)18(22)19-17-12-16(7-6-14(17)2)25(23,24)20(4)5/h6-7,12-13,15H,8-11H2,1-5H3,(H,19,22)/p+1/t15-/m0/s1. The Labute approximate surface area is 151 Å². The van der Waals surface area contributed by atoms with Crippen molar-refractivity contribution in [2.75, 3.05) is 32.5 Å². The van der Waals surface area contributed by atoms with E-state index in [0.717, 1.165) is 37.4 Å². The van der Waals surface area contributed by atoms with E-state index < -0.39 is 10.0 Å². The number of piperidine rings is 1. The first-order valence-electron chi connectivity index (χ1n) is 8.81. The summed E-state index contributed by atoms with van der Waals surface area (Å²) in [7, 11) is -0.529. The number of likely N-dealkylation sites (tertiary alicyclic amines) is 1. The molecule has 1 aliphatic heterocycles. The van der Waals surface area contributed by atoms with Crippen LogP contribution in [-0.4, -0.2) is 51.9 Å². The van der Waals surface area contributed by atoms with Gasteiger partial charge in [0.15, 0.2) is 6.04 Å². The van der Waals surface area contributed by atoms with Gasteiger partial charge < -0.3 is 10.2 Å². The molecule has 6 nitrogen and oxygen atoms in total. The maximum absolute atomic E-state index is 12.6. The second-order valence-corrected chi connectivity index (χ2v) is 9.47. The van der Waals surface area contributed by atoms with E-state index in [4.69, 9.17) is 0 Å². The van der Waals surface area contributed by atoms with Crippen molar-refractivity contribution < 1.29 is 18.1 Å². The number of sulfonamides is 1. The average Bonchev–Trinajstić information content (AvgIpc) is 2.56. The lowest BCUT2D eigenvalue weighted by Gasteiger charge is -2.31. The van der Waals surface area contributed by atoms with Crippen molar-refractivity contribution >= 4 is 21.6 Å². The number of rotatable bonds is 5. The van der Waals surface area contributed by atoms with Gasteiger partial charge in [-0.1, -0.05) is 13.0 Å². The van der Waals surface area contributed by atoms with E-state index >= 15 is 0 Å². The number of anilines is 1. The molecule has 1 heterocycles. The Morgan fingerprint density at radius 1 is 1.28 bits per heavy atom. The predicted octanol–water partition coefficient (Wildman–Crippen LogP) is 0.887. The minimum Gasteiger partial charge on any atom is -0.325 e. The lowest BCUT2D eigenvalue weighted by Crippen LogP contribution is -3.17. The van der Waals surface area contributed by atoms with Crippen LogP contribution in [0.5, 0.6) is 0 Å². The van der Waals surface area contributed by atoms with Gasteiger partial charge in [-0.15, -0.1) is 0 Å². The molecule has 1 atom stereocenters. The van der Waals surface area contributed by atoms with Gasteiger partial charge in [-0.25, -0.2) is 12.7 Å². The molecule has 7 heteroatoms. The van der Waals surface area contributed by atoms with Crippen LogP contribution >= 0.6 is 0 Å². The SMILES string of the molecule is Cc1ccc(S(=O)(=O)N(C)C)cc1NC(=O)[C@H](C)[NH+]1CCC(C)CC1. The van der Waals surface area contributed by atoms with Crippen LogP contribution < -0.4 is 10.2 Å². The summed E-state index contributed by atoms with van der Waals surface area (Å²) in [5, 5.41) is 2.93. The molecule has 1 fully saturated rings. The number of hydrogen-bond donors (Lipinski definition) is 2. The molecule has 0 radical (unpaired) electrons. The summed E-state index contributed by atoms with van der Waals surface area (Å²) in [6.45, 7) is 8.06. The Kier molecular flexibility index (Phi) is 6.24. The topological polar surface area (TPSA) is 70.9 Å². The molecule has 1 aromatic carbocycles. The molecule has 1 amide bonds. The van der Waals surface area contributed by atoms with Gasteiger partial charge in [-0.05, 0) is 50.3 Å². The van der Waals surface area contributed by atoms with E-state index in [9.17, 15) is 13.2 Å². The van der Waals surface area contributed by atoms with E-state index in [0.29, 0.717) is 5.69 Å². The molecule has 0 saturated carbocycles. The van der Waals surface area contributed by atoms with Gasteiger partial charge in [0.25, 0.3) is 5.91 Å². The highest BCUT2D eigenvalue weighted by molar-refractivity contribution is 7.89. The molecule has 1 saturated heterocycles. The van der Waals surface area contributed by atoms with E-state index in [2.05, 4.69) is 12.2 Å². The number of nitrogens with zero attached hydrogens (tertiary/aromatic N) is 1. The average molecular weight is 369 g/mol. The minimum atomic E-state index is -3.52. The first-order valence-corrected chi connectivity index (χ1v) is 10.3. The summed E-state index contributed by atoms with van der Waals surface area (Å²) in [5.74, 6) is 0.668.